The summed E-state index contributed by atoms with van der Waals surface area (Å²) < 4.78 is 10.4. The molecule has 8 heteroatoms. The summed E-state index contributed by atoms with van der Waals surface area (Å²) >= 11 is 11.8. The van der Waals surface area contributed by atoms with E-state index in [1.54, 1.807) is 31.2 Å². The van der Waals surface area contributed by atoms with Crippen LogP contribution in [0.15, 0.2) is 42.5 Å². The number of carbonyl (C=O) groups is 3. The third-order valence-corrected chi connectivity index (χ3v) is 4.10. The van der Waals surface area contributed by atoms with Gasteiger partial charge in [-0.05, 0) is 49.4 Å². The third-order valence-electron chi connectivity index (χ3n) is 3.66. The molecule has 0 aromatic heterocycles. The quantitative estimate of drug-likeness (QED) is 0.497. The molecule has 0 saturated carbocycles. The zero-order chi connectivity index (χ0) is 20.7. The van der Waals surface area contributed by atoms with Gasteiger partial charge in [-0.1, -0.05) is 30.1 Å². The van der Waals surface area contributed by atoms with Crippen molar-refractivity contribution in [2.45, 2.75) is 26.4 Å². The van der Waals surface area contributed by atoms with E-state index in [1.165, 1.54) is 25.1 Å². The van der Waals surface area contributed by atoms with Crippen LogP contribution in [-0.2, 0) is 14.3 Å². The van der Waals surface area contributed by atoms with Gasteiger partial charge in [-0.15, -0.1) is 0 Å². The minimum Gasteiger partial charge on any atom is -0.482 e. The van der Waals surface area contributed by atoms with Gasteiger partial charge in [-0.2, -0.15) is 0 Å². The van der Waals surface area contributed by atoms with Gasteiger partial charge >= 0.3 is 5.97 Å². The molecule has 0 radical (unpaired) electrons. The maximum absolute atomic E-state index is 12.1. The SMILES string of the molecule is CCC(=O)c1ccc(OCC(=O)OC(C)C(=O)Nc2cc(Cl)cc(Cl)c2)cc1. The van der Waals surface area contributed by atoms with E-state index in [4.69, 9.17) is 32.7 Å². The van der Waals surface area contributed by atoms with Gasteiger partial charge < -0.3 is 14.8 Å². The standard InChI is InChI=1S/C20H19Cl2NO5/c1-3-18(24)13-4-6-17(7-5-13)27-11-19(25)28-12(2)20(26)23-16-9-14(21)8-15(22)10-16/h4-10,12H,3,11H2,1-2H3,(H,23,26). The highest BCUT2D eigenvalue weighted by Gasteiger charge is 2.18. The van der Waals surface area contributed by atoms with Crippen LogP contribution in [0.1, 0.15) is 30.6 Å². The Morgan fingerprint density at radius 3 is 2.21 bits per heavy atom. The van der Waals surface area contributed by atoms with Crippen molar-refractivity contribution in [1.29, 1.82) is 0 Å². The van der Waals surface area contributed by atoms with Crippen molar-refractivity contribution in [2.75, 3.05) is 11.9 Å². The molecule has 2 aromatic carbocycles. The molecule has 0 aliphatic heterocycles. The first-order chi connectivity index (χ1) is 13.3. The zero-order valence-corrected chi connectivity index (χ0v) is 16.8. The number of carbonyl (C=O) groups excluding carboxylic acids is 3. The molecule has 1 N–H and O–H groups in total. The monoisotopic (exact) mass is 423 g/mol. The summed E-state index contributed by atoms with van der Waals surface area (Å²) in [5.41, 5.74) is 0.965. The highest BCUT2D eigenvalue weighted by molar-refractivity contribution is 6.35. The fourth-order valence-corrected chi connectivity index (χ4v) is 2.76. The van der Waals surface area contributed by atoms with Crippen LogP contribution in [0, 0.1) is 0 Å². The Bertz CT molecular complexity index is 847. The zero-order valence-electron chi connectivity index (χ0n) is 15.3. The number of rotatable bonds is 8. The predicted molar refractivity (Wildman–Crippen MR) is 107 cm³/mol. The molecular formula is C20H19Cl2NO5. The smallest absolute Gasteiger partial charge is 0.344 e. The number of hydrogen-bond donors (Lipinski definition) is 1. The molecule has 0 bridgehead atoms. The molecule has 0 heterocycles. The Balaban J connectivity index is 1.83. The molecule has 1 atom stereocenters. The lowest BCUT2D eigenvalue weighted by Crippen LogP contribution is -2.31. The van der Waals surface area contributed by atoms with Crippen LogP contribution in [0.2, 0.25) is 10.0 Å². The number of esters is 1. The van der Waals surface area contributed by atoms with Crippen molar-refractivity contribution >= 4 is 46.5 Å². The van der Waals surface area contributed by atoms with Gasteiger partial charge in [-0.25, -0.2) is 4.79 Å². The third kappa shape index (κ3) is 6.55. The van der Waals surface area contributed by atoms with Crippen molar-refractivity contribution < 1.29 is 23.9 Å². The Labute approximate surface area is 172 Å². The summed E-state index contributed by atoms with van der Waals surface area (Å²) in [5.74, 6) is -0.809. The van der Waals surface area contributed by atoms with Crippen molar-refractivity contribution in [3.63, 3.8) is 0 Å². The number of ether oxygens (including phenoxy) is 2. The molecule has 0 fully saturated rings. The first kappa shape index (κ1) is 21.7. The van der Waals surface area contributed by atoms with Gasteiger partial charge in [0.15, 0.2) is 18.5 Å². The summed E-state index contributed by atoms with van der Waals surface area (Å²) in [6.07, 6.45) is -0.633. The van der Waals surface area contributed by atoms with Gasteiger partial charge in [-0.3, -0.25) is 9.59 Å². The number of halogens is 2. The molecule has 1 amide bonds. The fraction of sp³-hybridized carbons (Fsp3) is 0.250. The number of Topliss-reactive ketones (excluding diaryl/α,β-unsaturated/α-hetero) is 1. The van der Waals surface area contributed by atoms with Crippen LogP contribution >= 0.6 is 23.2 Å². The van der Waals surface area contributed by atoms with E-state index >= 15 is 0 Å². The predicted octanol–water partition coefficient (Wildman–Crippen LogP) is 4.54. The maximum atomic E-state index is 12.1. The summed E-state index contributed by atoms with van der Waals surface area (Å²) in [6.45, 7) is 2.84. The average molecular weight is 424 g/mol. The van der Waals surface area contributed by atoms with Crippen LogP contribution < -0.4 is 10.1 Å². The molecule has 6 nitrogen and oxygen atoms in total. The van der Waals surface area contributed by atoms with E-state index in [2.05, 4.69) is 5.32 Å². The normalized spacial score (nSPS) is 11.4. The maximum Gasteiger partial charge on any atom is 0.344 e. The van der Waals surface area contributed by atoms with E-state index < -0.39 is 18.0 Å². The van der Waals surface area contributed by atoms with Gasteiger partial charge in [0.1, 0.15) is 5.75 Å². The highest BCUT2D eigenvalue weighted by Crippen LogP contribution is 2.22. The number of hydrogen-bond acceptors (Lipinski definition) is 5. The molecule has 0 saturated heterocycles. The van der Waals surface area contributed by atoms with Crippen molar-refractivity contribution in [3.05, 3.63) is 58.1 Å². The summed E-state index contributed by atoms with van der Waals surface area (Å²) in [4.78, 5) is 35.6. The summed E-state index contributed by atoms with van der Waals surface area (Å²) in [5, 5.41) is 3.30. The first-order valence-electron chi connectivity index (χ1n) is 8.51. The molecule has 0 aliphatic rings. The van der Waals surface area contributed by atoms with E-state index in [0.29, 0.717) is 33.5 Å². The number of benzene rings is 2. The van der Waals surface area contributed by atoms with Gasteiger partial charge in [0.25, 0.3) is 5.91 Å². The van der Waals surface area contributed by atoms with Crippen LogP contribution in [0.5, 0.6) is 5.75 Å². The number of amides is 1. The van der Waals surface area contributed by atoms with E-state index in [0.717, 1.165) is 0 Å². The van der Waals surface area contributed by atoms with E-state index in [9.17, 15) is 14.4 Å². The Morgan fingerprint density at radius 1 is 1.04 bits per heavy atom. The molecule has 2 rings (SSSR count). The largest absolute Gasteiger partial charge is 0.482 e. The minimum absolute atomic E-state index is 0.0202. The molecule has 28 heavy (non-hydrogen) atoms. The van der Waals surface area contributed by atoms with Gasteiger partial charge in [0.2, 0.25) is 0 Å². The molecule has 0 aliphatic carbocycles. The summed E-state index contributed by atoms with van der Waals surface area (Å²) in [6, 6.07) is 11.0. The van der Waals surface area contributed by atoms with Crippen molar-refractivity contribution in [3.8, 4) is 5.75 Å². The second kappa shape index (κ2) is 10.1. The van der Waals surface area contributed by atoms with Crippen LogP contribution in [-0.4, -0.2) is 30.4 Å². The lowest BCUT2D eigenvalue weighted by atomic mass is 10.1. The van der Waals surface area contributed by atoms with Crippen LogP contribution in [0.25, 0.3) is 0 Å². The molecular weight excluding hydrogens is 405 g/mol. The van der Waals surface area contributed by atoms with Gasteiger partial charge in [0, 0.05) is 27.7 Å². The fourth-order valence-electron chi connectivity index (χ4n) is 2.24. The Hall–Kier alpha value is -2.57. The van der Waals surface area contributed by atoms with Crippen LogP contribution in [0.4, 0.5) is 5.69 Å². The first-order valence-corrected chi connectivity index (χ1v) is 9.26. The number of anilines is 1. The van der Waals surface area contributed by atoms with Crippen LogP contribution in [0.3, 0.4) is 0 Å². The molecule has 1 unspecified atom stereocenters. The topological polar surface area (TPSA) is 81.7 Å². The lowest BCUT2D eigenvalue weighted by Gasteiger charge is -2.14. The Kier molecular flexibility index (Phi) is 7.84. The van der Waals surface area contributed by atoms with Gasteiger partial charge in [0.05, 0.1) is 0 Å². The minimum atomic E-state index is -1.04. The second-order valence-electron chi connectivity index (χ2n) is 5.87. The molecule has 148 valence electrons. The number of nitrogens with one attached hydrogen (secondary N) is 1. The lowest BCUT2D eigenvalue weighted by molar-refractivity contribution is -0.155. The van der Waals surface area contributed by atoms with Crippen molar-refractivity contribution in [1.82, 2.24) is 0 Å². The van der Waals surface area contributed by atoms with Crippen molar-refractivity contribution in [2.24, 2.45) is 0 Å². The average Bonchev–Trinajstić information content (AvgIpc) is 2.65. The van der Waals surface area contributed by atoms with E-state index in [-0.39, 0.29) is 12.4 Å². The molecule has 0 spiro atoms. The highest BCUT2D eigenvalue weighted by atomic mass is 35.5. The number of ketones is 1. The molecule has 2 aromatic rings. The second-order valence-corrected chi connectivity index (χ2v) is 6.74. The summed E-state index contributed by atoms with van der Waals surface area (Å²) in [7, 11) is 0. The van der Waals surface area contributed by atoms with E-state index in [1.807, 2.05) is 0 Å². The Morgan fingerprint density at radius 2 is 1.64 bits per heavy atom.